The third-order valence-corrected chi connectivity index (χ3v) is 7.28. The van der Waals surface area contributed by atoms with Crippen LogP contribution in [0.15, 0.2) is 83.8 Å². The molecule has 0 saturated carbocycles. The number of allylic oxidation sites excluding steroid dienone is 8. The lowest BCUT2D eigenvalue weighted by Crippen LogP contribution is -2.33. The zero-order chi connectivity index (χ0) is 31.5. The average Bonchev–Trinajstić information content (AvgIpc) is 3.39. The first-order valence-electron chi connectivity index (χ1n) is 15.4. The Kier molecular flexibility index (Phi) is 18.0. The number of hydrogen-bond donors (Lipinski definition) is 2. The van der Waals surface area contributed by atoms with Crippen molar-refractivity contribution >= 4 is 29.9 Å². The van der Waals surface area contributed by atoms with E-state index < -0.39 is 0 Å². The molecule has 1 heterocycles. The molecule has 0 aliphatic rings. The van der Waals surface area contributed by atoms with Crippen LogP contribution in [0.1, 0.15) is 102 Å². The van der Waals surface area contributed by atoms with Gasteiger partial charge in [0.25, 0.3) is 5.91 Å². The summed E-state index contributed by atoms with van der Waals surface area (Å²) in [5, 5.41) is 4.78. The summed E-state index contributed by atoms with van der Waals surface area (Å²) in [5.41, 5.74) is 11.2. The van der Waals surface area contributed by atoms with E-state index in [1.165, 1.54) is 5.57 Å². The van der Waals surface area contributed by atoms with Crippen molar-refractivity contribution in [3.05, 3.63) is 95.9 Å². The molecule has 230 valence electrons. The summed E-state index contributed by atoms with van der Waals surface area (Å²) in [5.74, 6) is 0.592. The SMILES string of the molecule is C=C/C=C(/c1ccc(N)c(S)c1)n1nc(C(=O)N(CCC)CCC(C)CC)cc1CCC.C\C=C/C=C\C(C)=C\CC. The summed E-state index contributed by atoms with van der Waals surface area (Å²) in [6.07, 6.45) is 20.0. The zero-order valence-corrected chi connectivity index (χ0v) is 28.0. The minimum Gasteiger partial charge on any atom is -0.398 e. The molecule has 2 N–H and O–H groups in total. The van der Waals surface area contributed by atoms with Crippen LogP contribution in [-0.4, -0.2) is 33.7 Å². The van der Waals surface area contributed by atoms with E-state index in [2.05, 4.69) is 79.0 Å². The molecule has 5 nitrogen and oxygen atoms in total. The average molecular weight is 591 g/mol. The van der Waals surface area contributed by atoms with Gasteiger partial charge in [-0.25, -0.2) is 4.68 Å². The largest absolute Gasteiger partial charge is 0.398 e. The maximum absolute atomic E-state index is 13.4. The van der Waals surface area contributed by atoms with E-state index in [-0.39, 0.29) is 5.91 Å². The Balaban J connectivity index is 0.000000752. The molecule has 2 rings (SSSR count). The lowest BCUT2D eigenvalue weighted by molar-refractivity contribution is 0.0740. The molecule has 0 aliphatic carbocycles. The fraction of sp³-hybridized carbons (Fsp3) is 0.444. The molecule has 0 aliphatic heterocycles. The minimum atomic E-state index is -0.00333. The fourth-order valence-corrected chi connectivity index (χ4v) is 4.52. The maximum Gasteiger partial charge on any atom is 0.274 e. The molecular formula is C36H54N4OS. The van der Waals surface area contributed by atoms with Gasteiger partial charge in [-0.3, -0.25) is 4.79 Å². The highest BCUT2D eigenvalue weighted by atomic mass is 32.1. The van der Waals surface area contributed by atoms with Crippen LogP contribution >= 0.6 is 12.6 Å². The van der Waals surface area contributed by atoms with Crippen LogP contribution in [0.2, 0.25) is 0 Å². The number of carbonyl (C=O) groups is 1. The lowest BCUT2D eigenvalue weighted by Gasteiger charge is -2.22. The number of benzene rings is 1. The Morgan fingerprint density at radius 3 is 2.45 bits per heavy atom. The Morgan fingerprint density at radius 1 is 1.14 bits per heavy atom. The first kappa shape index (κ1) is 36.8. The predicted molar refractivity (Wildman–Crippen MR) is 186 cm³/mol. The van der Waals surface area contributed by atoms with Gasteiger partial charge in [-0.2, -0.15) is 5.10 Å². The van der Waals surface area contributed by atoms with E-state index in [1.807, 2.05) is 59.0 Å². The number of rotatable bonds is 15. The number of thiol groups is 1. The highest BCUT2D eigenvalue weighted by molar-refractivity contribution is 7.80. The standard InChI is InChI=1S/C26H38N4OS.C10H16/c1-6-10-21-18-23(26(31)29(15-8-3)16-14-19(5)9-4)28-30(21)24(11-7-2)20-12-13-22(27)25(32)17-20;1-4-6-7-9-10(3)8-5-2/h7,11-13,17-19,32H,2,6,8-10,14-16,27H2,1,3-5H3;4,6-9H,5H2,1-3H3/b24-11-;6-4-,9-7-,10-8+. The van der Waals surface area contributed by atoms with Gasteiger partial charge in [0.15, 0.2) is 5.69 Å². The van der Waals surface area contributed by atoms with Gasteiger partial charge in [0.05, 0.1) is 5.70 Å². The van der Waals surface area contributed by atoms with Crippen LogP contribution in [-0.2, 0) is 6.42 Å². The van der Waals surface area contributed by atoms with Crippen molar-refractivity contribution in [2.45, 2.75) is 91.9 Å². The van der Waals surface area contributed by atoms with Gasteiger partial charge < -0.3 is 10.6 Å². The topological polar surface area (TPSA) is 64.2 Å². The van der Waals surface area contributed by atoms with Gasteiger partial charge in [0.2, 0.25) is 0 Å². The summed E-state index contributed by atoms with van der Waals surface area (Å²) in [6.45, 7) is 20.3. The molecule has 0 radical (unpaired) electrons. The number of nitrogen functional groups attached to an aromatic ring is 1. The Labute approximate surface area is 261 Å². The molecule has 0 spiro atoms. The molecule has 0 saturated heterocycles. The van der Waals surface area contributed by atoms with Crippen LogP contribution in [0.5, 0.6) is 0 Å². The molecular weight excluding hydrogens is 536 g/mol. The van der Waals surface area contributed by atoms with Crippen molar-refractivity contribution in [3.8, 4) is 0 Å². The summed E-state index contributed by atoms with van der Waals surface area (Å²) >= 11 is 4.48. The molecule has 1 aromatic carbocycles. The number of aromatic nitrogens is 2. The van der Waals surface area contributed by atoms with Crippen molar-refractivity contribution < 1.29 is 4.79 Å². The number of nitrogens with zero attached hydrogens (tertiary/aromatic N) is 3. The molecule has 1 amide bonds. The van der Waals surface area contributed by atoms with Gasteiger partial charge in [0.1, 0.15) is 0 Å². The van der Waals surface area contributed by atoms with Crippen molar-refractivity contribution in [3.63, 3.8) is 0 Å². The summed E-state index contributed by atoms with van der Waals surface area (Å²) in [6, 6.07) is 7.64. The van der Waals surface area contributed by atoms with Crippen molar-refractivity contribution in [2.24, 2.45) is 5.92 Å². The van der Waals surface area contributed by atoms with Crippen molar-refractivity contribution in [2.75, 3.05) is 18.8 Å². The monoisotopic (exact) mass is 590 g/mol. The first-order chi connectivity index (χ1) is 20.2. The number of aryl methyl sites for hydroxylation is 1. The van der Waals surface area contributed by atoms with E-state index in [1.54, 1.807) is 6.08 Å². The Morgan fingerprint density at radius 2 is 1.88 bits per heavy atom. The predicted octanol–water partition coefficient (Wildman–Crippen LogP) is 9.55. The highest BCUT2D eigenvalue weighted by Gasteiger charge is 2.22. The molecule has 1 aromatic heterocycles. The number of anilines is 1. The molecule has 0 bridgehead atoms. The van der Waals surface area contributed by atoms with Crippen LogP contribution in [0.25, 0.3) is 5.70 Å². The van der Waals surface area contributed by atoms with E-state index in [9.17, 15) is 4.79 Å². The number of nitrogens with two attached hydrogens (primary N) is 1. The maximum atomic E-state index is 13.4. The second kappa shape index (κ2) is 20.6. The zero-order valence-electron chi connectivity index (χ0n) is 27.1. The van der Waals surface area contributed by atoms with E-state index in [0.29, 0.717) is 22.2 Å². The first-order valence-corrected chi connectivity index (χ1v) is 15.9. The number of amides is 1. The molecule has 6 heteroatoms. The van der Waals surface area contributed by atoms with E-state index in [0.717, 1.165) is 68.6 Å². The fourth-order valence-electron chi connectivity index (χ4n) is 4.31. The second-order valence-corrected chi connectivity index (χ2v) is 11.1. The normalized spacial score (nSPS) is 12.9. The third-order valence-electron chi connectivity index (χ3n) is 6.90. The second-order valence-electron chi connectivity index (χ2n) is 10.6. The third kappa shape index (κ3) is 12.3. The summed E-state index contributed by atoms with van der Waals surface area (Å²) < 4.78 is 1.87. The molecule has 42 heavy (non-hydrogen) atoms. The van der Waals surface area contributed by atoms with E-state index >= 15 is 0 Å². The van der Waals surface area contributed by atoms with Crippen LogP contribution in [0.3, 0.4) is 0 Å². The molecule has 1 unspecified atom stereocenters. The van der Waals surface area contributed by atoms with Gasteiger partial charge in [0, 0.05) is 34.9 Å². The minimum absolute atomic E-state index is 0.00333. The summed E-state index contributed by atoms with van der Waals surface area (Å²) in [4.78, 5) is 16.1. The molecule has 2 aromatic rings. The van der Waals surface area contributed by atoms with Crippen molar-refractivity contribution in [1.82, 2.24) is 14.7 Å². The van der Waals surface area contributed by atoms with Crippen LogP contribution < -0.4 is 5.73 Å². The van der Waals surface area contributed by atoms with Crippen molar-refractivity contribution in [1.29, 1.82) is 0 Å². The Bertz CT molecular complexity index is 1240. The van der Waals surface area contributed by atoms with Gasteiger partial charge >= 0.3 is 0 Å². The molecule has 1 atom stereocenters. The summed E-state index contributed by atoms with van der Waals surface area (Å²) in [7, 11) is 0. The smallest absolute Gasteiger partial charge is 0.274 e. The van der Waals surface area contributed by atoms with E-state index in [4.69, 9.17) is 10.8 Å². The highest BCUT2D eigenvalue weighted by Crippen LogP contribution is 2.26. The van der Waals surface area contributed by atoms with Gasteiger partial charge in [-0.15, -0.1) is 12.6 Å². The Hall–Kier alpha value is -3.25. The lowest BCUT2D eigenvalue weighted by atomic mass is 10.0. The quantitative estimate of drug-likeness (QED) is 0.123. The van der Waals surface area contributed by atoms with Gasteiger partial charge in [-0.05, 0) is 69.7 Å². The molecule has 0 fully saturated rings. The van der Waals surface area contributed by atoms with Crippen LogP contribution in [0, 0.1) is 5.92 Å². The van der Waals surface area contributed by atoms with Gasteiger partial charge in [-0.1, -0.05) is 102 Å². The number of hydrogen-bond acceptors (Lipinski definition) is 4. The van der Waals surface area contributed by atoms with Crippen LogP contribution in [0.4, 0.5) is 5.69 Å². The number of carbonyl (C=O) groups excluding carboxylic acids is 1.